The van der Waals surface area contributed by atoms with Gasteiger partial charge in [0.1, 0.15) is 11.5 Å². The van der Waals surface area contributed by atoms with Gasteiger partial charge in [-0.25, -0.2) is 4.21 Å². The normalized spacial score (nSPS) is 11.8. The average Bonchev–Trinajstić information content (AvgIpc) is 2.67. The van der Waals surface area contributed by atoms with E-state index in [4.69, 9.17) is 9.47 Å². The molecule has 0 aliphatic heterocycles. The van der Waals surface area contributed by atoms with Gasteiger partial charge in [-0.1, -0.05) is 42.0 Å². The highest BCUT2D eigenvalue weighted by Gasteiger charge is 2.20. The monoisotopic (exact) mass is 352 g/mol. The van der Waals surface area contributed by atoms with Crippen LogP contribution in [0.3, 0.4) is 0 Å². The first-order valence-corrected chi connectivity index (χ1v) is 9.09. The van der Waals surface area contributed by atoms with Gasteiger partial charge in [0.2, 0.25) is 0 Å². The molecule has 25 heavy (non-hydrogen) atoms. The number of rotatable bonds is 5. The van der Waals surface area contributed by atoms with Crippen LogP contribution in [-0.4, -0.2) is 18.4 Å². The molecule has 1 atom stereocenters. The predicted octanol–water partition coefficient (Wildman–Crippen LogP) is 4.85. The van der Waals surface area contributed by atoms with Crippen LogP contribution in [0.4, 0.5) is 0 Å². The van der Waals surface area contributed by atoms with E-state index in [-0.39, 0.29) is 0 Å². The van der Waals surface area contributed by atoms with Gasteiger partial charge in [-0.3, -0.25) is 0 Å². The molecule has 1 unspecified atom stereocenters. The minimum absolute atomic E-state index is 0.669. The molecule has 0 amide bonds. The van der Waals surface area contributed by atoms with Crippen molar-refractivity contribution in [2.24, 2.45) is 0 Å². The van der Waals surface area contributed by atoms with Crippen molar-refractivity contribution in [3.63, 3.8) is 0 Å². The van der Waals surface area contributed by atoms with Gasteiger partial charge >= 0.3 is 0 Å². The number of benzene rings is 3. The lowest BCUT2D eigenvalue weighted by Crippen LogP contribution is -2.00. The minimum atomic E-state index is -1.32. The average molecular weight is 352 g/mol. The SMILES string of the molecule is COc1ccccc1-c1c(OC)cccc1S(=O)c1ccc(C)cc1. The first-order valence-electron chi connectivity index (χ1n) is 7.94. The number of hydrogen-bond acceptors (Lipinski definition) is 3. The number of para-hydroxylation sites is 1. The lowest BCUT2D eigenvalue weighted by atomic mass is 10.0. The fourth-order valence-corrected chi connectivity index (χ4v) is 3.98. The van der Waals surface area contributed by atoms with Gasteiger partial charge in [0.15, 0.2) is 0 Å². The Balaban J connectivity index is 2.21. The zero-order valence-corrected chi connectivity index (χ0v) is 15.3. The molecule has 0 spiro atoms. The highest BCUT2D eigenvalue weighted by Crippen LogP contribution is 2.41. The van der Waals surface area contributed by atoms with Gasteiger partial charge in [-0.15, -0.1) is 0 Å². The molecule has 0 saturated carbocycles. The van der Waals surface area contributed by atoms with Crippen LogP contribution >= 0.6 is 0 Å². The maximum atomic E-state index is 13.2. The van der Waals surface area contributed by atoms with Gasteiger partial charge in [0.25, 0.3) is 0 Å². The maximum absolute atomic E-state index is 13.2. The molecule has 3 nitrogen and oxygen atoms in total. The van der Waals surface area contributed by atoms with E-state index in [1.807, 2.05) is 73.7 Å². The Kier molecular flexibility index (Phi) is 5.19. The van der Waals surface area contributed by atoms with Crippen molar-refractivity contribution < 1.29 is 13.7 Å². The van der Waals surface area contributed by atoms with Crippen LogP contribution in [0.15, 0.2) is 76.5 Å². The number of ether oxygens (including phenoxy) is 2. The van der Waals surface area contributed by atoms with Crippen LogP contribution in [0, 0.1) is 6.92 Å². The van der Waals surface area contributed by atoms with Crippen LogP contribution in [0.2, 0.25) is 0 Å². The molecule has 0 N–H and O–H groups in total. The summed E-state index contributed by atoms with van der Waals surface area (Å²) in [5, 5.41) is 0. The number of hydrogen-bond donors (Lipinski definition) is 0. The van der Waals surface area contributed by atoms with Gasteiger partial charge in [0.05, 0.1) is 29.9 Å². The summed E-state index contributed by atoms with van der Waals surface area (Å²) in [7, 11) is 1.92. The third-order valence-electron chi connectivity index (χ3n) is 4.02. The third kappa shape index (κ3) is 3.44. The van der Waals surface area contributed by atoms with Gasteiger partial charge in [0, 0.05) is 16.0 Å². The maximum Gasteiger partial charge on any atom is 0.128 e. The van der Waals surface area contributed by atoms with E-state index >= 15 is 0 Å². The first kappa shape index (κ1) is 17.2. The molecule has 0 saturated heterocycles. The Morgan fingerprint density at radius 2 is 1.40 bits per heavy atom. The number of methoxy groups -OCH3 is 2. The highest BCUT2D eigenvalue weighted by atomic mass is 32.2. The second kappa shape index (κ2) is 7.53. The Morgan fingerprint density at radius 1 is 0.760 bits per heavy atom. The molecule has 128 valence electrons. The van der Waals surface area contributed by atoms with Crippen molar-refractivity contribution in [3.8, 4) is 22.6 Å². The fourth-order valence-electron chi connectivity index (χ4n) is 2.74. The molecule has 0 aromatic heterocycles. The standard InChI is InChI=1S/C21H20O3S/c1-15-11-13-16(14-12-15)25(22)20-10-6-9-19(24-3)21(20)17-7-4-5-8-18(17)23-2/h4-14H,1-3H3. The van der Waals surface area contributed by atoms with Crippen LogP contribution in [-0.2, 0) is 10.8 Å². The summed E-state index contributed by atoms with van der Waals surface area (Å²) in [4.78, 5) is 1.46. The zero-order chi connectivity index (χ0) is 17.8. The lowest BCUT2D eigenvalue weighted by Gasteiger charge is -2.16. The van der Waals surface area contributed by atoms with Crippen molar-refractivity contribution in [2.75, 3.05) is 14.2 Å². The largest absolute Gasteiger partial charge is 0.496 e. The molecule has 0 bridgehead atoms. The van der Waals surface area contributed by atoms with E-state index in [1.54, 1.807) is 14.2 Å². The molecule has 3 rings (SSSR count). The molecule has 0 aliphatic rings. The van der Waals surface area contributed by atoms with E-state index in [2.05, 4.69) is 0 Å². The third-order valence-corrected chi connectivity index (χ3v) is 5.46. The van der Waals surface area contributed by atoms with Crippen molar-refractivity contribution in [2.45, 2.75) is 16.7 Å². The van der Waals surface area contributed by atoms with E-state index in [0.29, 0.717) is 16.4 Å². The molecule has 0 radical (unpaired) electrons. The number of aryl methyl sites for hydroxylation is 1. The van der Waals surface area contributed by atoms with Gasteiger partial charge in [-0.2, -0.15) is 0 Å². The smallest absolute Gasteiger partial charge is 0.128 e. The van der Waals surface area contributed by atoms with Crippen LogP contribution in [0.1, 0.15) is 5.56 Å². The van der Waals surface area contributed by atoms with Crippen molar-refractivity contribution in [1.82, 2.24) is 0 Å². The van der Waals surface area contributed by atoms with E-state index in [9.17, 15) is 4.21 Å². The van der Waals surface area contributed by atoms with E-state index in [0.717, 1.165) is 21.6 Å². The second-order valence-electron chi connectivity index (χ2n) is 5.62. The van der Waals surface area contributed by atoms with Gasteiger partial charge in [-0.05, 0) is 37.3 Å². The predicted molar refractivity (Wildman–Crippen MR) is 101 cm³/mol. The van der Waals surface area contributed by atoms with E-state index in [1.165, 1.54) is 0 Å². The molecule has 3 aromatic rings. The Hall–Kier alpha value is -2.59. The van der Waals surface area contributed by atoms with Crippen LogP contribution in [0.25, 0.3) is 11.1 Å². The van der Waals surface area contributed by atoms with Crippen molar-refractivity contribution in [3.05, 3.63) is 72.3 Å². The van der Waals surface area contributed by atoms with Gasteiger partial charge < -0.3 is 9.47 Å². The minimum Gasteiger partial charge on any atom is -0.496 e. The summed E-state index contributed by atoms with van der Waals surface area (Å²) in [6.45, 7) is 2.01. The molecule has 0 heterocycles. The molecular formula is C21H20O3S. The summed E-state index contributed by atoms with van der Waals surface area (Å²) in [5.41, 5.74) is 2.79. The first-order chi connectivity index (χ1) is 12.2. The Morgan fingerprint density at radius 3 is 2.08 bits per heavy atom. The second-order valence-corrected chi connectivity index (χ2v) is 7.06. The summed E-state index contributed by atoms with van der Waals surface area (Å²) in [6, 6.07) is 21.0. The molecule has 0 fully saturated rings. The molecule has 4 heteroatoms. The zero-order valence-electron chi connectivity index (χ0n) is 14.5. The Bertz CT molecular complexity index is 901. The highest BCUT2D eigenvalue weighted by molar-refractivity contribution is 7.85. The van der Waals surface area contributed by atoms with Crippen molar-refractivity contribution >= 4 is 10.8 Å². The summed E-state index contributed by atoms with van der Waals surface area (Å²) < 4.78 is 24.3. The molecule has 0 aliphatic carbocycles. The summed E-state index contributed by atoms with van der Waals surface area (Å²) in [6.07, 6.45) is 0. The summed E-state index contributed by atoms with van der Waals surface area (Å²) >= 11 is 0. The van der Waals surface area contributed by atoms with Crippen LogP contribution in [0.5, 0.6) is 11.5 Å². The quantitative estimate of drug-likeness (QED) is 0.659. The van der Waals surface area contributed by atoms with E-state index < -0.39 is 10.8 Å². The topological polar surface area (TPSA) is 35.5 Å². The van der Waals surface area contributed by atoms with Crippen molar-refractivity contribution in [1.29, 1.82) is 0 Å². The molecule has 3 aromatic carbocycles. The lowest BCUT2D eigenvalue weighted by molar-refractivity contribution is 0.409. The fraction of sp³-hybridized carbons (Fsp3) is 0.143. The summed E-state index contributed by atoms with van der Waals surface area (Å²) in [5.74, 6) is 1.39. The van der Waals surface area contributed by atoms with Crippen LogP contribution < -0.4 is 9.47 Å². The molecular weight excluding hydrogens is 332 g/mol. The Labute approximate surface area is 150 Å².